The van der Waals surface area contributed by atoms with Gasteiger partial charge in [-0.1, -0.05) is 0 Å². The molecule has 0 aliphatic heterocycles. The topological polar surface area (TPSA) is 99.0 Å². The number of hydrogen-bond donors (Lipinski definition) is 4. The highest BCUT2D eigenvalue weighted by molar-refractivity contribution is 6.60. The van der Waals surface area contributed by atoms with Gasteiger partial charge in [-0.2, -0.15) is 0 Å². The first-order valence-corrected chi connectivity index (χ1v) is 4.08. The number of rotatable bonds is 3. The largest absolute Gasteiger partial charge is 0.497 e. The molecule has 15 heavy (non-hydrogen) atoms. The lowest BCUT2D eigenvalue weighted by Gasteiger charge is -2.09. The van der Waals surface area contributed by atoms with Crippen molar-refractivity contribution in [2.45, 2.75) is 0 Å². The fourth-order valence-electron chi connectivity index (χ4n) is 1.11. The molecule has 0 fully saturated rings. The van der Waals surface area contributed by atoms with Crippen LogP contribution in [0.15, 0.2) is 18.2 Å². The van der Waals surface area contributed by atoms with Gasteiger partial charge in [0.05, 0.1) is 7.11 Å². The van der Waals surface area contributed by atoms with Crippen molar-refractivity contribution in [2.24, 2.45) is 0 Å². The molecule has 80 valence electrons. The van der Waals surface area contributed by atoms with Crippen LogP contribution in [0.1, 0.15) is 0 Å². The predicted octanol–water partition coefficient (Wildman–Crippen LogP) is -0.535. The normalized spacial score (nSPS) is 9.53. The second kappa shape index (κ2) is 4.67. The highest BCUT2D eigenvalue weighted by atomic mass is 16.5. The summed E-state index contributed by atoms with van der Waals surface area (Å²) in [5.41, 5.74) is 0.148. The highest BCUT2D eigenvalue weighted by Crippen LogP contribution is 2.13. The van der Waals surface area contributed by atoms with Gasteiger partial charge in [0.15, 0.2) is 0 Å². The number of benzene rings is 1. The molecule has 0 atom stereocenters. The zero-order chi connectivity index (χ0) is 11.4. The van der Waals surface area contributed by atoms with Crippen LogP contribution >= 0.6 is 0 Å². The van der Waals surface area contributed by atoms with E-state index in [1.165, 1.54) is 25.3 Å². The van der Waals surface area contributed by atoms with Crippen LogP contribution in [-0.2, 0) is 0 Å². The average Bonchev–Trinajstić information content (AvgIpc) is 2.17. The number of hydrogen-bond acceptors (Lipinski definition) is 4. The third-order valence-corrected chi connectivity index (χ3v) is 1.78. The van der Waals surface area contributed by atoms with E-state index in [9.17, 15) is 4.79 Å². The molecule has 1 aromatic rings. The Morgan fingerprint density at radius 1 is 1.47 bits per heavy atom. The Hall–Kier alpha value is -1.73. The standard InChI is InChI=1S/C8H10BNO5/c1-15-5-2-3-7(10-8(11)12)6(4-5)9(13)14/h2-4,10,13-14H,1H3,(H,11,12). The number of nitrogens with one attached hydrogen (secondary N) is 1. The van der Waals surface area contributed by atoms with E-state index in [4.69, 9.17) is 19.9 Å². The lowest BCUT2D eigenvalue weighted by molar-refractivity contribution is 0.210. The fourth-order valence-corrected chi connectivity index (χ4v) is 1.11. The van der Waals surface area contributed by atoms with Crippen molar-refractivity contribution in [1.82, 2.24) is 0 Å². The Labute approximate surface area is 86.3 Å². The second-order valence-corrected chi connectivity index (χ2v) is 2.76. The van der Waals surface area contributed by atoms with Crippen molar-refractivity contribution >= 4 is 24.4 Å². The Kier molecular flexibility index (Phi) is 3.54. The zero-order valence-corrected chi connectivity index (χ0v) is 7.97. The van der Waals surface area contributed by atoms with Crippen molar-refractivity contribution in [3.63, 3.8) is 0 Å². The van der Waals surface area contributed by atoms with Crippen molar-refractivity contribution in [3.8, 4) is 5.75 Å². The quantitative estimate of drug-likeness (QED) is 0.503. The van der Waals surface area contributed by atoms with Crippen molar-refractivity contribution < 1.29 is 24.7 Å². The Balaban J connectivity index is 3.09. The van der Waals surface area contributed by atoms with Crippen LogP contribution < -0.4 is 15.5 Å². The lowest BCUT2D eigenvalue weighted by atomic mass is 9.79. The molecule has 0 radical (unpaired) electrons. The molecule has 0 saturated heterocycles. The van der Waals surface area contributed by atoms with Crippen LogP contribution in [0.5, 0.6) is 5.75 Å². The van der Waals surface area contributed by atoms with E-state index in [0.29, 0.717) is 5.75 Å². The van der Waals surface area contributed by atoms with Gasteiger partial charge in [-0.15, -0.1) is 0 Å². The smallest absolute Gasteiger partial charge is 0.490 e. The number of carbonyl (C=O) groups is 1. The molecule has 1 rings (SSSR count). The van der Waals surface area contributed by atoms with E-state index < -0.39 is 13.2 Å². The monoisotopic (exact) mass is 211 g/mol. The van der Waals surface area contributed by atoms with Gasteiger partial charge in [0.1, 0.15) is 5.75 Å². The summed E-state index contributed by atoms with van der Waals surface area (Å²) >= 11 is 0. The minimum atomic E-state index is -1.76. The van der Waals surface area contributed by atoms with E-state index in [1.807, 2.05) is 5.32 Å². The van der Waals surface area contributed by atoms with Crippen molar-refractivity contribution in [2.75, 3.05) is 12.4 Å². The first-order valence-electron chi connectivity index (χ1n) is 4.08. The van der Waals surface area contributed by atoms with Gasteiger partial charge in [0, 0.05) is 11.2 Å². The molecular formula is C8H10BNO5. The summed E-state index contributed by atoms with van der Waals surface area (Å²) in [6, 6.07) is 4.24. The molecule has 0 aliphatic rings. The summed E-state index contributed by atoms with van der Waals surface area (Å²) in [4.78, 5) is 10.4. The Bertz CT molecular complexity index is 368. The van der Waals surface area contributed by atoms with Gasteiger partial charge >= 0.3 is 13.2 Å². The Morgan fingerprint density at radius 2 is 2.13 bits per heavy atom. The zero-order valence-electron chi connectivity index (χ0n) is 7.97. The van der Waals surface area contributed by atoms with Crippen LogP contribution in [0.25, 0.3) is 0 Å². The maximum atomic E-state index is 10.4. The molecule has 7 heteroatoms. The molecule has 0 heterocycles. The van der Waals surface area contributed by atoms with Gasteiger partial charge in [-0.3, -0.25) is 5.32 Å². The van der Waals surface area contributed by atoms with Crippen LogP contribution in [0.4, 0.5) is 10.5 Å². The SMILES string of the molecule is COc1ccc(NC(=O)O)c(B(O)O)c1. The summed E-state index contributed by atoms with van der Waals surface area (Å²) in [5, 5.41) is 28.6. The first-order chi connectivity index (χ1) is 7.04. The molecule has 0 unspecified atom stereocenters. The maximum Gasteiger partial charge on any atom is 0.490 e. The van der Waals surface area contributed by atoms with E-state index in [1.54, 1.807) is 0 Å². The minimum absolute atomic E-state index is 0.0387. The second-order valence-electron chi connectivity index (χ2n) is 2.76. The number of ether oxygens (including phenoxy) is 1. The van der Waals surface area contributed by atoms with Gasteiger partial charge in [0.2, 0.25) is 0 Å². The number of anilines is 1. The molecule has 0 bridgehead atoms. The van der Waals surface area contributed by atoms with E-state index in [-0.39, 0.29) is 11.2 Å². The van der Waals surface area contributed by atoms with Crippen molar-refractivity contribution in [1.29, 1.82) is 0 Å². The van der Waals surface area contributed by atoms with E-state index in [0.717, 1.165) is 0 Å². The summed E-state index contributed by atoms with van der Waals surface area (Å²) in [7, 11) is -0.338. The van der Waals surface area contributed by atoms with Crippen LogP contribution in [0.2, 0.25) is 0 Å². The molecule has 6 nitrogen and oxygen atoms in total. The van der Waals surface area contributed by atoms with Gasteiger partial charge in [-0.25, -0.2) is 4.79 Å². The third kappa shape index (κ3) is 2.86. The van der Waals surface area contributed by atoms with E-state index in [2.05, 4.69) is 0 Å². The van der Waals surface area contributed by atoms with Gasteiger partial charge in [-0.05, 0) is 18.2 Å². The molecule has 0 saturated carbocycles. The highest BCUT2D eigenvalue weighted by Gasteiger charge is 2.18. The Morgan fingerprint density at radius 3 is 2.60 bits per heavy atom. The number of amides is 1. The maximum absolute atomic E-state index is 10.4. The molecule has 1 aromatic carbocycles. The molecule has 1 amide bonds. The lowest BCUT2D eigenvalue weighted by Crippen LogP contribution is -2.33. The number of methoxy groups -OCH3 is 1. The third-order valence-electron chi connectivity index (χ3n) is 1.78. The molecule has 4 N–H and O–H groups in total. The number of carboxylic acid groups (broad SMARTS) is 1. The van der Waals surface area contributed by atoms with E-state index >= 15 is 0 Å². The van der Waals surface area contributed by atoms with Gasteiger partial charge in [0.25, 0.3) is 0 Å². The predicted molar refractivity (Wildman–Crippen MR) is 54.5 cm³/mol. The summed E-state index contributed by atoms with van der Waals surface area (Å²) in [6.45, 7) is 0. The van der Waals surface area contributed by atoms with Crippen LogP contribution in [0, 0.1) is 0 Å². The molecule has 0 aliphatic carbocycles. The first kappa shape index (κ1) is 11.4. The molecule has 0 spiro atoms. The molecule has 0 aromatic heterocycles. The van der Waals surface area contributed by atoms with Crippen LogP contribution in [-0.4, -0.2) is 35.5 Å². The minimum Gasteiger partial charge on any atom is -0.497 e. The fraction of sp³-hybridized carbons (Fsp3) is 0.125. The van der Waals surface area contributed by atoms with Gasteiger partial charge < -0.3 is 19.9 Å². The van der Waals surface area contributed by atoms with Crippen molar-refractivity contribution in [3.05, 3.63) is 18.2 Å². The summed E-state index contributed by atoms with van der Waals surface area (Å²) < 4.78 is 4.87. The molecular weight excluding hydrogens is 201 g/mol. The average molecular weight is 211 g/mol. The summed E-state index contributed by atoms with van der Waals surface area (Å²) in [6.07, 6.45) is -1.28. The van der Waals surface area contributed by atoms with Crippen LogP contribution in [0.3, 0.4) is 0 Å². The summed E-state index contributed by atoms with van der Waals surface area (Å²) in [5.74, 6) is 0.411.